The molecule has 0 bridgehead atoms. The molecule has 0 amide bonds. The summed E-state index contributed by atoms with van der Waals surface area (Å²) in [5.41, 5.74) is 3.14. The Morgan fingerprint density at radius 2 is 1.60 bits per heavy atom. The summed E-state index contributed by atoms with van der Waals surface area (Å²) >= 11 is 0. The van der Waals surface area contributed by atoms with Crippen molar-refractivity contribution in [3.63, 3.8) is 0 Å². The average Bonchev–Trinajstić information content (AvgIpc) is 3.04. The van der Waals surface area contributed by atoms with Gasteiger partial charge in [-0.25, -0.2) is 0 Å². The smallest absolute Gasteiger partial charge is 0.0415 e. The van der Waals surface area contributed by atoms with Crippen LogP contribution in [0.1, 0.15) is 71.1 Å². The first-order valence-electron chi connectivity index (χ1n) is 9.66. The molecule has 0 aliphatic heterocycles. The van der Waals surface area contributed by atoms with E-state index in [9.17, 15) is 0 Å². The summed E-state index contributed by atoms with van der Waals surface area (Å²) in [6.07, 6.45) is 15.7. The van der Waals surface area contributed by atoms with Gasteiger partial charge in [0.2, 0.25) is 0 Å². The van der Waals surface area contributed by atoms with Crippen molar-refractivity contribution >= 4 is 12.2 Å². The number of hydrogen-bond donors (Lipinski definition) is 1. The average molecular weight is 344 g/mol. The number of hydrogen-bond acceptors (Lipinski definition) is 0. The zero-order valence-corrected chi connectivity index (χ0v) is 17.3. The van der Waals surface area contributed by atoms with Crippen molar-refractivity contribution in [2.24, 2.45) is 5.92 Å². The maximum Gasteiger partial charge on any atom is 0.0415 e. The number of H-pyrrole nitrogens is 1. The minimum absolute atomic E-state index is 0.726. The molecule has 0 aromatic carbocycles. The fourth-order valence-corrected chi connectivity index (χ4v) is 2.74. The summed E-state index contributed by atoms with van der Waals surface area (Å²) < 4.78 is 0. The molecule has 2 aliphatic rings. The van der Waals surface area contributed by atoms with E-state index in [0.29, 0.717) is 0 Å². The predicted molar refractivity (Wildman–Crippen MR) is 118 cm³/mol. The Balaban J connectivity index is 0. The van der Waals surface area contributed by atoms with Crippen LogP contribution in [0.2, 0.25) is 0 Å². The minimum Gasteiger partial charge on any atom is -0.358 e. The van der Waals surface area contributed by atoms with Crippen molar-refractivity contribution in [2.45, 2.75) is 72.6 Å². The molecule has 25 heavy (non-hydrogen) atoms. The van der Waals surface area contributed by atoms with Gasteiger partial charge in [0, 0.05) is 11.0 Å². The van der Waals surface area contributed by atoms with Gasteiger partial charge in [-0.05, 0) is 55.7 Å². The number of allylic oxidation sites excluding steroid dienone is 1. The van der Waals surface area contributed by atoms with Gasteiger partial charge in [0.15, 0.2) is 0 Å². The molecular formula is C24H41N. The van der Waals surface area contributed by atoms with Gasteiger partial charge in [-0.2, -0.15) is 0 Å². The lowest BCUT2D eigenvalue weighted by molar-refractivity contribution is 0.674. The molecule has 0 fully saturated rings. The third kappa shape index (κ3) is 9.34. The number of aromatic nitrogens is 1. The Morgan fingerprint density at radius 3 is 2.12 bits per heavy atom. The summed E-state index contributed by atoms with van der Waals surface area (Å²) in [6.45, 7) is 23.9. The second kappa shape index (κ2) is 17.1. The fraction of sp³-hybridized carbons (Fsp3) is 0.500. The Bertz CT molecular complexity index is 558. The maximum absolute atomic E-state index is 3.59. The molecule has 3 rings (SSSR count). The van der Waals surface area contributed by atoms with Crippen LogP contribution < -0.4 is 10.6 Å². The second-order valence-corrected chi connectivity index (χ2v) is 6.11. The molecule has 142 valence electrons. The van der Waals surface area contributed by atoms with Crippen LogP contribution in [0.15, 0.2) is 39.0 Å². The molecule has 0 radical (unpaired) electrons. The first kappa shape index (κ1) is 25.5. The molecule has 1 nitrogen and oxygen atoms in total. The normalized spacial score (nSPS) is 15.8. The SMILES string of the molecule is C=C.C=C.C=CC.CC1C=c2c3c([nH]c2=CC1)CCCC3.CCCC. The molecule has 1 aromatic rings. The predicted octanol–water partition coefficient (Wildman–Crippen LogP) is 6.10. The van der Waals surface area contributed by atoms with Gasteiger partial charge in [-0.1, -0.05) is 51.8 Å². The standard InChI is InChI=1S/C13H17N.C4H10.C3H6.2C2H4/c1-9-6-7-13-11(8-9)10-4-2-3-5-12(10)14-13;1-3-4-2;1-3-2;2*1-2/h7-9,14H,2-6H2,1H3;3-4H2,1-2H3;3H,1H2,2H3;2*1-2H2. The van der Waals surface area contributed by atoms with Gasteiger partial charge in [0.25, 0.3) is 0 Å². The maximum atomic E-state index is 3.59. The number of aromatic amines is 1. The van der Waals surface area contributed by atoms with Gasteiger partial charge >= 0.3 is 0 Å². The minimum atomic E-state index is 0.726. The lowest BCUT2D eigenvalue weighted by Crippen LogP contribution is -2.29. The molecule has 1 aromatic heterocycles. The monoisotopic (exact) mass is 343 g/mol. The summed E-state index contributed by atoms with van der Waals surface area (Å²) in [4.78, 5) is 3.59. The third-order valence-electron chi connectivity index (χ3n) is 4.01. The lowest BCUT2D eigenvalue weighted by Gasteiger charge is -2.11. The van der Waals surface area contributed by atoms with E-state index in [1.165, 1.54) is 61.2 Å². The van der Waals surface area contributed by atoms with E-state index in [1.807, 2.05) is 6.92 Å². The highest BCUT2D eigenvalue weighted by molar-refractivity contribution is 5.44. The summed E-state index contributed by atoms with van der Waals surface area (Å²) in [7, 11) is 0. The van der Waals surface area contributed by atoms with E-state index in [4.69, 9.17) is 0 Å². The van der Waals surface area contributed by atoms with E-state index in [0.717, 1.165) is 5.92 Å². The van der Waals surface area contributed by atoms with Crippen molar-refractivity contribution in [2.75, 3.05) is 0 Å². The molecule has 1 unspecified atom stereocenters. The van der Waals surface area contributed by atoms with Crippen LogP contribution in [0.3, 0.4) is 0 Å². The van der Waals surface area contributed by atoms with Crippen molar-refractivity contribution in [3.05, 3.63) is 60.8 Å². The molecular weight excluding hydrogens is 302 g/mol. The van der Waals surface area contributed by atoms with Crippen LogP contribution in [-0.2, 0) is 12.8 Å². The Hall–Kier alpha value is -1.76. The van der Waals surface area contributed by atoms with E-state index < -0.39 is 0 Å². The van der Waals surface area contributed by atoms with Crippen LogP contribution in [0.25, 0.3) is 12.2 Å². The summed E-state index contributed by atoms with van der Waals surface area (Å²) in [6, 6.07) is 0. The van der Waals surface area contributed by atoms with Gasteiger partial charge < -0.3 is 4.98 Å². The quantitative estimate of drug-likeness (QED) is 0.593. The highest BCUT2D eigenvalue weighted by Gasteiger charge is 2.15. The number of rotatable bonds is 1. The van der Waals surface area contributed by atoms with Crippen LogP contribution in [-0.4, -0.2) is 4.98 Å². The van der Waals surface area contributed by atoms with Crippen LogP contribution in [0.5, 0.6) is 0 Å². The van der Waals surface area contributed by atoms with Gasteiger partial charge in [-0.3, -0.25) is 0 Å². The van der Waals surface area contributed by atoms with E-state index in [1.54, 1.807) is 11.6 Å². The first-order chi connectivity index (χ1) is 12.2. The molecule has 1 heterocycles. The Labute approximate surface area is 157 Å². The first-order valence-corrected chi connectivity index (χ1v) is 9.66. The molecule has 1 atom stereocenters. The van der Waals surface area contributed by atoms with Crippen LogP contribution in [0.4, 0.5) is 0 Å². The zero-order chi connectivity index (χ0) is 19.7. The summed E-state index contributed by atoms with van der Waals surface area (Å²) in [5.74, 6) is 0.726. The Kier molecular flexibility index (Phi) is 17.4. The number of nitrogens with one attached hydrogen (secondary N) is 1. The third-order valence-corrected chi connectivity index (χ3v) is 4.01. The number of fused-ring (bicyclic) bond motifs is 3. The van der Waals surface area contributed by atoms with E-state index >= 15 is 0 Å². The Morgan fingerprint density at radius 1 is 1.08 bits per heavy atom. The van der Waals surface area contributed by atoms with Crippen molar-refractivity contribution in [1.82, 2.24) is 4.98 Å². The van der Waals surface area contributed by atoms with Gasteiger partial charge in [-0.15, -0.1) is 32.9 Å². The molecule has 0 saturated carbocycles. The topological polar surface area (TPSA) is 15.8 Å². The number of unbranched alkanes of at least 4 members (excludes halogenated alkanes) is 1. The number of aryl methyl sites for hydroxylation is 1. The second-order valence-electron chi connectivity index (χ2n) is 6.11. The van der Waals surface area contributed by atoms with Crippen LogP contribution >= 0.6 is 0 Å². The highest BCUT2D eigenvalue weighted by atomic mass is 14.7. The van der Waals surface area contributed by atoms with E-state index in [2.05, 4.69) is 70.8 Å². The van der Waals surface area contributed by atoms with Gasteiger partial charge in [0.1, 0.15) is 0 Å². The summed E-state index contributed by atoms with van der Waals surface area (Å²) in [5, 5.41) is 2.92. The van der Waals surface area contributed by atoms with Crippen molar-refractivity contribution < 1.29 is 0 Å². The lowest BCUT2D eigenvalue weighted by atomic mass is 9.94. The largest absolute Gasteiger partial charge is 0.358 e. The van der Waals surface area contributed by atoms with Crippen molar-refractivity contribution in [3.8, 4) is 0 Å². The van der Waals surface area contributed by atoms with E-state index in [-0.39, 0.29) is 0 Å². The zero-order valence-electron chi connectivity index (χ0n) is 17.3. The molecule has 2 aliphatic carbocycles. The van der Waals surface area contributed by atoms with Crippen molar-refractivity contribution in [1.29, 1.82) is 0 Å². The van der Waals surface area contributed by atoms with Gasteiger partial charge in [0.05, 0.1) is 0 Å². The van der Waals surface area contributed by atoms with Crippen LogP contribution in [0, 0.1) is 5.92 Å². The molecule has 0 saturated heterocycles. The molecule has 1 heteroatoms. The highest BCUT2D eigenvalue weighted by Crippen LogP contribution is 2.16. The molecule has 1 N–H and O–H groups in total. The fourth-order valence-electron chi connectivity index (χ4n) is 2.74. The molecule has 0 spiro atoms.